The normalized spacial score (nSPS) is 11.9. The molecule has 0 fully saturated rings. The molecule has 4 nitrogen and oxygen atoms in total. The Morgan fingerprint density at radius 1 is 0.917 bits per heavy atom. The first-order valence-corrected chi connectivity index (χ1v) is 8.10. The minimum Gasteiger partial charge on any atom is -0.497 e. The Balaban J connectivity index is 2.21. The maximum atomic E-state index is 12.2. The monoisotopic (exact) mass is 327 g/mol. The fourth-order valence-electron chi connectivity index (χ4n) is 2.42. The Hall–Kier alpha value is -2.49. The van der Waals surface area contributed by atoms with Gasteiger partial charge in [0.2, 0.25) is 5.91 Å². The van der Waals surface area contributed by atoms with E-state index in [0.717, 1.165) is 29.0 Å². The quantitative estimate of drug-likeness (QED) is 0.842. The van der Waals surface area contributed by atoms with Gasteiger partial charge in [-0.15, -0.1) is 0 Å². The van der Waals surface area contributed by atoms with Crippen LogP contribution in [0.15, 0.2) is 48.5 Å². The Bertz CT molecular complexity index is 648. The van der Waals surface area contributed by atoms with Crippen LogP contribution in [-0.2, 0) is 11.2 Å². The summed E-state index contributed by atoms with van der Waals surface area (Å²) in [6.45, 7) is 3.79. The van der Waals surface area contributed by atoms with Gasteiger partial charge in [0.25, 0.3) is 0 Å². The van der Waals surface area contributed by atoms with Crippen LogP contribution in [-0.4, -0.2) is 20.1 Å². The molecule has 1 N–H and O–H groups in total. The molecule has 2 aromatic rings. The first-order valence-electron chi connectivity index (χ1n) is 8.10. The van der Waals surface area contributed by atoms with E-state index >= 15 is 0 Å². The average Bonchev–Trinajstić information content (AvgIpc) is 2.61. The fraction of sp³-hybridized carbons (Fsp3) is 0.350. The van der Waals surface area contributed by atoms with Crippen molar-refractivity contribution in [3.8, 4) is 11.5 Å². The van der Waals surface area contributed by atoms with Gasteiger partial charge in [0.15, 0.2) is 0 Å². The summed E-state index contributed by atoms with van der Waals surface area (Å²) in [4.78, 5) is 12.2. The molecule has 2 rings (SSSR count). The van der Waals surface area contributed by atoms with Gasteiger partial charge >= 0.3 is 0 Å². The van der Waals surface area contributed by atoms with Crippen LogP contribution in [0.1, 0.15) is 31.0 Å². The van der Waals surface area contributed by atoms with Crippen LogP contribution in [0.25, 0.3) is 0 Å². The Kier molecular flexibility index (Phi) is 6.24. The average molecular weight is 327 g/mol. The maximum Gasteiger partial charge on any atom is 0.223 e. The second-order valence-electron chi connectivity index (χ2n) is 6.04. The van der Waals surface area contributed by atoms with Gasteiger partial charge in [0.1, 0.15) is 11.5 Å². The van der Waals surface area contributed by atoms with Crippen LogP contribution in [0.4, 0.5) is 0 Å². The van der Waals surface area contributed by atoms with Gasteiger partial charge in [-0.3, -0.25) is 4.79 Å². The highest BCUT2D eigenvalue weighted by atomic mass is 16.5. The van der Waals surface area contributed by atoms with Crippen molar-refractivity contribution >= 4 is 5.91 Å². The molecule has 0 aromatic heterocycles. The molecule has 0 spiro atoms. The van der Waals surface area contributed by atoms with Crippen molar-refractivity contribution in [3.05, 3.63) is 59.7 Å². The zero-order valence-corrected chi connectivity index (χ0v) is 14.7. The molecule has 0 aliphatic carbocycles. The molecule has 128 valence electrons. The van der Waals surface area contributed by atoms with Crippen molar-refractivity contribution in [2.75, 3.05) is 14.2 Å². The number of hydrogen-bond donors (Lipinski definition) is 1. The molecule has 2 aromatic carbocycles. The van der Waals surface area contributed by atoms with Gasteiger partial charge in [-0.1, -0.05) is 38.1 Å². The number of nitrogens with one attached hydrogen (secondary N) is 1. The molecule has 0 unspecified atom stereocenters. The Morgan fingerprint density at radius 3 is 1.88 bits per heavy atom. The van der Waals surface area contributed by atoms with E-state index in [1.165, 1.54) is 0 Å². The number of benzene rings is 2. The van der Waals surface area contributed by atoms with Crippen molar-refractivity contribution in [1.82, 2.24) is 5.32 Å². The molecule has 24 heavy (non-hydrogen) atoms. The van der Waals surface area contributed by atoms with E-state index in [0.29, 0.717) is 0 Å². The van der Waals surface area contributed by atoms with Crippen molar-refractivity contribution in [2.45, 2.75) is 26.3 Å². The number of rotatable bonds is 7. The topological polar surface area (TPSA) is 47.6 Å². The lowest BCUT2D eigenvalue weighted by molar-refractivity contribution is -0.124. The molecule has 0 saturated heterocycles. The van der Waals surface area contributed by atoms with E-state index in [1.807, 2.05) is 62.4 Å². The summed E-state index contributed by atoms with van der Waals surface area (Å²) in [6.07, 6.45) is 0.717. The highest BCUT2D eigenvalue weighted by Gasteiger charge is 2.17. The van der Waals surface area contributed by atoms with Crippen LogP contribution in [0.5, 0.6) is 11.5 Å². The van der Waals surface area contributed by atoms with Crippen LogP contribution >= 0.6 is 0 Å². The highest BCUT2D eigenvalue weighted by Crippen LogP contribution is 2.23. The number of carbonyl (C=O) groups excluding carboxylic acids is 1. The van der Waals surface area contributed by atoms with E-state index in [4.69, 9.17) is 9.47 Å². The summed E-state index contributed by atoms with van der Waals surface area (Å²) in [6, 6.07) is 15.7. The molecular formula is C20H25NO3. The largest absolute Gasteiger partial charge is 0.497 e. The molecule has 0 saturated carbocycles. The van der Waals surface area contributed by atoms with Crippen LogP contribution < -0.4 is 14.8 Å². The van der Waals surface area contributed by atoms with Crippen molar-refractivity contribution in [1.29, 1.82) is 0 Å². The standard InChI is InChI=1S/C20H25NO3/c1-14(2)20(22)21-19(16-7-11-18(24-4)12-8-16)13-15-5-9-17(23-3)10-6-15/h5-12,14,19H,13H2,1-4H3,(H,21,22)/t19-/m1/s1. The molecule has 0 radical (unpaired) electrons. The fourth-order valence-corrected chi connectivity index (χ4v) is 2.42. The molecule has 4 heteroatoms. The van der Waals surface area contributed by atoms with Crippen LogP contribution in [0, 0.1) is 5.92 Å². The maximum absolute atomic E-state index is 12.2. The predicted octanol–water partition coefficient (Wildman–Crippen LogP) is 3.76. The Labute approximate surface area is 143 Å². The Morgan fingerprint density at radius 2 is 1.42 bits per heavy atom. The smallest absolute Gasteiger partial charge is 0.223 e. The molecule has 0 aliphatic heterocycles. The van der Waals surface area contributed by atoms with Gasteiger partial charge in [-0.25, -0.2) is 0 Å². The second kappa shape index (κ2) is 8.39. The first kappa shape index (κ1) is 17.9. The lowest BCUT2D eigenvalue weighted by atomic mass is 9.98. The summed E-state index contributed by atoms with van der Waals surface area (Å²) in [5.74, 6) is 1.62. The van der Waals surface area contributed by atoms with E-state index in [-0.39, 0.29) is 17.9 Å². The third-order valence-corrected chi connectivity index (χ3v) is 3.96. The molecule has 1 amide bonds. The minimum absolute atomic E-state index is 0.0457. The van der Waals surface area contributed by atoms with Crippen molar-refractivity contribution in [3.63, 3.8) is 0 Å². The lowest BCUT2D eigenvalue weighted by Crippen LogP contribution is -2.33. The van der Waals surface area contributed by atoms with Gasteiger partial charge in [-0.05, 0) is 41.8 Å². The minimum atomic E-state index is -0.0841. The number of ether oxygens (including phenoxy) is 2. The number of carbonyl (C=O) groups is 1. The van der Waals surface area contributed by atoms with E-state index < -0.39 is 0 Å². The van der Waals surface area contributed by atoms with Gasteiger partial charge in [-0.2, -0.15) is 0 Å². The summed E-state index contributed by atoms with van der Waals surface area (Å²) >= 11 is 0. The third-order valence-electron chi connectivity index (χ3n) is 3.96. The molecule has 1 atom stereocenters. The zero-order valence-electron chi connectivity index (χ0n) is 14.7. The van der Waals surface area contributed by atoms with Crippen molar-refractivity contribution < 1.29 is 14.3 Å². The van der Waals surface area contributed by atoms with E-state index in [2.05, 4.69) is 5.32 Å². The number of amides is 1. The van der Waals surface area contributed by atoms with Crippen LogP contribution in [0.2, 0.25) is 0 Å². The van der Waals surface area contributed by atoms with Crippen molar-refractivity contribution in [2.24, 2.45) is 5.92 Å². The molecule has 0 bridgehead atoms. The van der Waals surface area contributed by atoms with Gasteiger partial charge in [0.05, 0.1) is 20.3 Å². The summed E-state index contributed by atoms with van der Waals surface area (Å²) in [5, 5.41) is 3.14. The van der Waals surface area contributed by atoms with Gasteiger partial charge < -0.3 is 14.8 Å². The molecule has 0 aliphatic rings. The molecule has 0 heterocycles. The third kappa shape index (κ3) is 4.75. The zero-order chi connectivity index (χ0) is 17.5. The van der Waals surface area contributed by atoms with E-state index in [9.17, 15) is 4.79 Å². The second-order valence-corrected chi connectivity index (χ2v) is 6.04. The SMILES string of the molecule is COc1ccc(C[C@@H](NC(=O)C(C)C)c2ccc(OC)cc2)cc1. The van der Waals surface area contributed by atoms with Crippen LogP contribution in [0.3, 0.4) is 0 Å². The molecular weight excluding hydrogens is 302 g/mol. The number of hydrogen-bond acceptors (Lipinski definition) is 3. The van der Waals surface area contributed by atoms with E-state index in [1.54, 1.807) is 14.2 Å². The predicted molar refractivity (Wildman–Crippen MR) is 95.4 cm³/mol. The first-order chi connectivity index (χ1) is 11.5. The summed E-state index contributed by atoms with van der Waals surface area (Å²) < 4.78 is 10.4. The van der Waals surface area contributed by atoms with Gasteiger partial charge in [0, 0.05) is 5.92 Å². The summed E-state index contributed by atoms with van der Waals surface area (Å²) in [5.41, 5.74) is 2.20. The summed E-state index contributed by atoms with van der Waals surface area (Å²) in [7, 11) is 3.29. The highest BCUT2D eigenvalue weighted by molar-refractivity contribution is 5.78. The lowest BCUT2D eigenvalue weighted by Gasteiger charge is -2.21. The number of methoxy groups -OCH3 is 2.